The third kappa shape index (κ3) is 2.10. The SMILES string of the molecule is CC1CC(C(=O)O)CCN1C(C)C1(C)CC1. The Bertz CT molecular complexity index is 286. The molecule has 1 heterocycles. The smallest absolute Gasteiger partial charge is 0.306 e. The maximum absolute atomic E-state index is 11.0. The molecule has 3 unspecified atom stereocenters. The van der Waals surface area contributed by atoms with Crippen LogP contribution in [0.5, 0.6) is 0 Å². The van der Waals surface area contributed by atoms with Gasteiger partial charge in [-0.2, -0.15) is 0 Å². The van der Waals surface area contributed by atoms with Crippen LogP contribution in [0.2, 0.25) is 0 Å². The number of carboxylic acid groups (broad SMARTS) is 1. The lowest BCUT2D eigenvalue weighted by atomic mass is 9.88. The standard InChI is InChI=1S/C13H23NO2/c1-9-8-11(12(15)16)4-7-14(9)10(2)13(3)5-6-13/h9-11H,4-8H2,1-3H3,(H,15,16). The van der Waals surface area contributed by atoms with Crippen molar-refractivity contribution in [1.29, 1.82) is 0 Å². The van der Waals surface area contributed by atoms with Crippen molar-refractivity contribution >= 4 is 5.97 Å². The van der Waals surface area contributed by atoms with E-state index in [1.165, 1.54) is 12.8 Å². The van der Waals surface area contributed by atoms with Gasteiger partial charge < -0.3 is 5.11 Å². The Labute approximate surface area is 97.8 Å². The number of aliphatic carboxylic acids is 1. The average molecular weight is 225 g/mol. The fourth-order valence-corrected chi connectivity index (χ4v) is 3.01. The van der Waals surface area contributed by atoms with Crippen molar-refractivity contribution in [3.63, 3.8) is 0 Å². The van der Waals surface area contributed by atoms with Gasteiger partial charge in [-0.1, -0.05) is 6.92 Å². The molecule has 1 aliphatic carbocycles. The van der Waals surface area contributed by atoms with Gasteiger partial charge in [-0.3, -0.25) is 9.69 Å². The molecule has 16 heavy (non-hydrogen) atoms. The quantitative estimate of drug-likeness (QED) is 0.801. The minimum atomic E-state index is -0.614. The van der Waals surface area contributed by atoms with Crippen LogP contribution in [0.4, 0.5) is 0 Å². The van der Waals surface area contributed by atoms with Crippen LogP contribution in [0.15, 0.2) is 0 Å². The number of carboxylic acids is 1. The van der Waals surface area contributed by atoms with Gasteiger partial charge in [-0.25, -0.2) is 0 Å². The van der Waals surface area contributed by atoms with Crippen LogP contribution in [-0.4, -0.2) is 34.6 Å². The molecule has 1 N–H and O–H groups in total. The molecule has 1 saturated carbocycles. The molecular formula is C13H23NO2. The van der Waals surface area contributed by atoms with Gasteiger partial charge in [0.15, 0.2) is 0 Å². The van der Waals surface area contributed by atoms with Crippen LogP contribution < -0.4 is 0 Å². The van der Waals surface area contributed by atoms with Crippen LogP contribution >= 0.6 is 0 Å². The molecule has 2 fully saturated rings. The van der Waals surface area contributed by atoms with Crippen molar-refractivity contribution in [2.75, 3.05) is 6.54 Å². The van der Waals surface area contributed by atoms with Crippen LogP contribution in [-0.2, 0) is 4.79 Å². The third-order valence-electron chi connectivity index (χ3n) is 4.82. The van der Waals surface area contributed by atoms with Crippen molar-refractivity contribution in [3.8, 4) is 0 Å². The molecule has 3 nitrogen and oxygen atoms in total. The molecular weight excluding hydrogens is 202 g/mol. The summed E-state index contributed by atoms with van der Waals surface area (Å²) in [6.07, 6.45) is 4.30. The lowest BCUT2D eigenvalue weighted by molar-refractivity contribution is -0.144. The Morgan fingerprint density at radius 1 is 1.50 bits per heavy atom. The first-order valence-corrected chi connectivity index (χ1v) is 6.42. The highest BCUT2D eigenvalue weighted by molar-refractivity contribution is 5.70. The highest BCUT2D eigenvalue weighted by atomic mass is 16.4. The Hall–Kier alpha value is -0.570. The first kappa shape index (κ1) is 11.9. The summed E-state index contributed by atoms with van der Waals surface area (Å²) in [7, 11) is 0. The van der Waals surface area contributed by atoms with E-state index in [1.54, 1.807) is 0 Å². The first-order chi connectivity index (χ1) is 7.44. The van der Waals surface area contributed by atoms with Crippen molar-refractivity contribution < 1.29 is 9.90 Å². The van der Waals surface area contributed by atoms with E-state index in [-0.39, 0.29) is 5.92 Å². The zero-order valence-corrected chi connectivity index (χ0v) is 10.6. The second-order valence-electron chi connectivity index (χ2n) is 5.98. The molecule has 1 aliphatic heterocycles. The molecule has 3 atom stereocenters. The lowest BCUT2D eigenvalue weighted by Gasteiger charge is -2.42. The normalized spacial score (nSPS) is 35.7. The Morgan fingerprint density at radius 2 is 2.12 bits per heavy atom. The number of carbonyl (C=O) groups is 1. The molecule has 0 aromatic carbocycles. The van der Waals surface area contributed by atoms with Crippen LogP contribution in [0.25, 0.3) is 0 Å². The number of piperidine rings is 1. The van der Waals surface area contributed by atoms with Gasteiger partial charge in [0.25, 0.3) is 0 Å². The van der Waals surface area contributed by atoms with Gasteiger partial charge in [-0.15, -0.1) is 0 Å². The molecule has 0 spiro atoms. The number of rotatable bonds is 3. The van der Waals surface area contributed by atoms with Gasteiger partial charge in [0, 0.05) is 12.1 Å². The maximum Gasteiger partial charge on any atom is 0.306 e. The first-order valence-electron chi connectivity index (χ1n) is 6.42. The number of hydrogen-bond acceptors (Lipinski definition) is 2. The summed E-state index contributed by atoms with van der Waals surface area (Å²) in [6.45, 7) is 7.80. The van der Waals surface area contributed by atoms with E-state index in [9.17, 15) is 4.79 Å². The lowest BCUT2D eigenvalue weighted by Crippen LogP contribution is -2.49. The second kappa shape index (κ2) is 4.02. The van der Waals surface area contributed by atoms with Gasteiger partial charge in [0.2, 0.25) is 0 Å². The van der Waals surface area contributed by atoms with E-state index in [0.717, 1.165) is 19.4 Å². The predicted octanol–water partition coefficient (Wildman–Crippen LogP) is 2.36. The minimum Gasteiger partial charge on any atom is -0.481 e. The Kier molecular flexibility index (Phi) is 2.99. The Morgan fingerprint density at radius 3 is 2.56 bits per heavy atom. The largest absolute Gasteiger partial charge is 0.481 e. The summed E-state index contributed by atoms with van der Waals surface area (Å²) < 4.78 is 0. The highest BCUT2D eigenvalue weighted by Gasteiger charge is 2.46. The van der Waals surface area contributed by atoms with E-state index in [0.29, 0.717) is 17.5 Å². The fourth-order valence-electron chi connectivity index (χ4n) is 3.01. The molecule has 2 aliphatic rings. The maximum atomic E-state index is 11.0. The summed E-state index contributed by atoms with van der Waals surface area (Å²) in [6, 6.07) is 1.03. The summed E-state index contributed by atoms with van der Waals surface area (Å²) in [5, 5.41) is 9.03. The summed E-state index contributed by atoms with van der Waals surface area (Å²) in [5.41, 5.74) is 0.504. The van der Waals surface area contributed by atoms with Crippen molar-refractivity contribution in [1.82, 2.24) is 4.90 Å². The molecule has 0 bridgehead atoms. The number of likely N-dealkylation sites (tertiary alicyclic amines) is 1. The zero-order chi connectivity index (χ0) is 11.9. The average Bonchev–Trinajstić information content (AvgIpc) is 2.96. The fraction of sp³-hybridized carbons (Fsp3) is 0.923. The molecule has 92 valence electrons. The predicted molar refractivity (Wildman–Crippen MR) is 63.3 cm³/mol. The van der Waals surface area contributed by atoms with Crippen LogP contribution in [0, 0.1) is 11.3 Å². The van der Waals surface area contributed by atoms with Crippen LogP contribution in [0.1, 0.15) is 46.5 Å². The molecule has 0 aromatic rings. The van der Waals surface area contributed by atoms with Crippen molar-refractivity contribution in [2.45, 2.75) is 58.5 Å². The van der Waals surface area contributed by atoms with E-state index in [2.05, 4.69) is 25.7 Å². The van der Waals surface area contributed by atoms with E-state index >= 15 is 0 Å². The van der Waals surface area contributed by atoms with E-state index in [1.807, 2.05) is 0 Å². The summed E-state index contributed by atoms with van der Waals surface area (Å²) in [4.78, 5) is 13.5. The second-order valence-corrected chi connectivity index (χ2v) is 5.98. The van der Waals surface area contributed by atoms with E-state index < -0.39 is 5.97 Å². The molecule has 2 rings (SSSR count). The molecule has 0 amide bonds. The zero-order valence-electron chi connectivity index (χ0n) is 10.6. The third-order valence-corrected chi connectivity index (χ3v) is 4.82. The van der Waals surface area contributed by atoms with Crippen molar-refractivity contribution in [3.05, 3.63) is 0 Å². The Balaban J connectivity index is 1.96. The van der Waals surface area contributed by atoms with Crippen LogP contribution in [0.3, 0.4) is 0 Å². The molecule has 0 radical (unpaired) electrons. The summed E-state index contributed by atoms with van der Waals surface area (Å²) >= 11 is 0. The topological polar surface area (TPSA) is 40.5 Å². The van der Waals surface area contributed by atoms with Gasteiger partial charge in [0.1, 0.15) is 0 Å². The molecule has 1 saturated heterocycles. The van der Waals surface area contributed by atoms with E-state index in [4.69, 9.17) is 5.11 Å². The summed E-state index contributed by atoms with van der Waals surface area (Å²) in [5.74, 6) is -0.734. The van der Waals surface area contributed by atoms with Gasteiger partial charge in [0.05, 0.1) is 5.92 Å². The van der Waals surface area contributed by atoms with Crippen molar-refractivity contribution in [2.24, 2.45) is 11.3 Å². The number of hydrogen-bond donors (Lipinski definition) is 1. The van der Waals surface area contributed by atoms with Gasteiger partial charge >= 0.3 is 5.97 Å². The molecule has 0 aromatic heterocycles. The van der Waals surface area contributed by atoms with Gasteiger partial charge in [-0.05, 0) is 51.5 Å². The number of nitrogens with zero attached hydrogens (tertiary/aromatic N) is 1. The highest BCUT2D eigenvalue weighted by Crippen LogP contribution is 2.50. The monoisotopic (exact) mass is 225 g/mol. The minimum absolute atomic E-state index is 0.120. The molecule has 3 heteroatoms.